The normalized spacial score (nSPS) is 16.8. The van der Waals surface area contributed by atoms with E-state index < -0.39 is 5.41 Å². The standard InChI is InChI=1S/C16H24N2O2/c1-16(2,15(20)18-10-11-7-8-11)14(17-3)12-5-4-6-13(19)9-12/h4-6,9,11,14,17,19H,7-8,10H2,1-3H3,(H,18,20). The molecule has 1 aromatic rings. The van der Waals surface area contributed by atoms with Gasteiger partial charge in [0.15, 0.2) is 0 Å². The molecule has 0 radical (unpaired) electrons. The van der Waals surface area contributed by atoms with E-state index in [4.69, 9.17) is 0 Å². The fourth-order valence-electron chi connectivity index (χ4n) is 2.57. The lowest BCUT2D eigenvalue weighted by atomic mass is 9.79. The number of nitrogens with one attached hydrogen (secondary N) is 2. The van der Waals surface area contributed by atoms with Crippen molar-refractivity contribution in [1.82, 2.24) is 10.6 Å². The van der Waals surface area contributed by atoms with Crippen LogP contribution in [0, 0.1) is 11.3 Å². The molecule has 0 aromatic heterocycles. The van der Waals surface area contributed by atoms with E-state index in [2.05, 4.69) is 10.6 Å². The van der Waals surface area contributed by atoms with E-state index in [-0.39, 0.29) is 17.7 Å². The Bertz CT molecular complexity index is 481. The van der Waals surface area contributed by atoms with Crippen molar-refractivity contribution in [2.24, 2.45) is 11.3 Å². The third kappa shape index (κ3) is 3.31. The van der Waals surface area contributed by atoms with Gasteiger partial charge >= 0.3 is 0 Å². The molecule has 1 saturated carbocycles. The molecule has 0 spiro atoms. The maximum atomic E-state index is 12.4. The highest BCUT2D eigenvalue weighted by molar-refractivity contribution is 5.83. The molecule has 1 amide bonds. The fourth-order valence-corrected chi connectivity index (χ4v) is 2.57. The highest BCUT2D eigenvalue weighted by Crippen LogP contribution is 2.35. The number of phenolic OH excluding ortho intramolecular Hbond substituents is 1. The average Bonchev–Trinajstić information content (AvgIpc) is 3.20. The molecular formula is C16H24N2O2. The predicted octanol–water partition coefficient (Wildman–Crippen LogP) is 2.21. The van der Waals surface area contributed by atoms with Gasteiger partial charge in [0, 0.05) is 12.6 Å². The van der Waals surface area contributed by atoms with Gasteiger partial charge in [-0.2, -0.15) is 0 Å². The third-order valence-corrected chi connectivity index (χ3v) is 4.05. The lowest BCUT2D eigenvalue weighted by molar-refractivity contribution is -0.131. The Kier molecular flexibility index (Phi) is 4.33. The summed E-state index contributed by atoms with van der Waals surface area (Å²) in [6.07, 6.45) is 2.45. The van der Waals surface area contributed by atoms with Gasteiger partial charge < -0.3 is 15.7 Å². The predicted molar refractivity (Wildman–Crippen MR) is 79.4 cm³/mol. The number of phenols is 1. The second-order valence-electron chi connectivity index (χ2n) is 6.19. The molecule has 1 atom stereocenters. The highest BCUT2D eigenvalue weighted by Gasteiger charge is 2.37. The first-order chi connectivity index (χ1) is 9.45. The molecule has 1 aliphatic rings. The maximum Gasteiger partial charge on any atom is 0.227 e. The van der Waals surface area contributed by atoms with Gasteiger partial charge in [-0.1, -0.05) is 12.1 Å². The molecule has 1 fully saturated rings. The molecule has 0 saturated heterocycles. The van der Waals surface area contributed by atoms with Gasteiger partial charge in [-0.15, -0.1) is 0 Å². The van der Waals surface area contributed by atoms with Crippen molar-refractivity contribution >= 4 is 5.91 Å². The minimum Gasteiger partial charge on any atom is -0.508 e. The van der Waals surface area contributed by atoms with Crippen LogP contribution in [-0.4, -0.2) is 24.6 Å². The molecule has 0 bridgehead atoms. The molecule has 2 rings (SSSR count). The Morgan fingerprint density at radius 3 is 2.70 bits per heavy atom. The van der Waals surface area contributed by atoms with Crippen LogP contribution in [0.5, 0.6) is 5.75 Å². The number of amides is 1. The van der Waals surface area contributed by atoms with Crippen molar-refractivity contribution < 1.29 is 9.90 Å². The van der Waals surface area contributed by atoms with Crippen molar-refractivity contribution in [2.45, 2.75) is 32.7 Å². The zero-order valence-corrected chi connectivity index (χ0v) is 12.4. The van der Waals surface area contributed by atoms with Crippen LogP contribution in [0.1, 0.15) is 38.3 Å². The van der Waals surface area contributed by atoms with E-state index >= 15 is 0 Å². The summed E-state index contributed by atoms with van der Waals surface area (Å²) in [5.74, 6) is 0.938. The van der Waals surface area contributed by atoms with E-state index in [0.29, 0.717) is 5.92 Å². The number of benzene rings is 1. The minimum atomic E-state index is -0.586. The van der Waals surface area contributed by atoms with E-state index in [9.17, 15) is 9.90 Å². The molecule has 0 heterocycles. The van der Waals surface area contributed by atoms with Gasteiger partial charge in [-0.25, -0.2) is 0 Å². The molecule has 4 nitrogen and oxygen atoms in total. The quantitative estimate of drug-likeness (QED) is 0.746. The third-order valence-electron chi connectivity index (χ3n) is 4.05. The topological polar surface area (TPSA) is 61.4 Å². The summed E-state index contributed by atoms with van der Waals surface area (Å²) in [6.45, 7) is 4.64. The van der Waals surface area contributed by atoms with Gasteiger partial charge in [-0.3, -0.25) is 4.79 Å². The lowest BCUT2D eigenvalue weighted by Gasteiger charge is -2.33. The van der Waals surface area contributed by atoms with Crippen molar-refractivity contribution in [3.05, 3.63) is 29.8 Å². The Morgan fingerprint density at radius 2 is 2.15 bits per heavy atom. The maximum absolute atomic E-state index is 12.4. The monoisotopic (exact) mass is 276 g/mol. The fraction of sp³-hybridized carbons (Fsp3) is 0.562. The smallest absolute Gasteiger partial charge is 0.227 e. The first-order valence-electron chi connectivity index (χ1n) is 7.19. The minimum absolute atomic E-state index is 0.0482. The van der Waals surface area contributed by atoms with Crippen LogP contribution in [0.3, 0.4) is 0 Å². The number of hydrogen-bond acceptors (Lipinski definition) is 3. The van der Waals surface area contributed by atoms with Crippen LogP contribution in [0.15, 0.2) is 24.3 Å². The van der Waals surface area contributed by atoms with E-state index in [1.807, 2.05) is 27.0 Å². The van der Waals surface area contributed by atoms with E-state index in [1.165, 1.54) is 12.8 Å². The summed E-state index contributed by atoms with van der Waals surface area (Å²) < 4.78 is 0. The van der Waals surface area contributed by atoms with Gasteiger partial charge in [0.2, 0.25) is 5.91 Å². The molecule has 1 unspecified atom stereocenters. The average molecular weight is 276 g/mol. The highest BCUT2D eigenvalue weighted by atomic mass is 16.3. The van der Waals surface area contributed by atoms with Crippen molar-refractivity contribution in [3.8, 4) is 5.75 Å². The zero-order valence-electron chi connectivity index (χ0n) is 12.4. The van der Waals surface area contributed by atoms with Crippen molar-refractivity contribution in [2.75, 3.05) is 13.6 Å². The summed E-state index contributed by atoms with van der Waals surface area (Å²) in [5, 5.41) is 15.9. The Hall–Kier alpha value is -1.55. The van der Waals surface area contributed by atoms with Gasteiger partial charge in [0.1, 0.15) is 5.75 Å². The largest absolute Gasteiger partial charge is 0.508 e. The van der Waals surface area contributed by atoms with Crippen molar-refractivity contribution in [1.29, 1.82) is 0 Å². The zero-order chi connectivity index (χ0) is 14.8. The number of rotatable bonds is 6. The molecule has 1 aromatic carbocycles. The number of hydrogen-bond donors (Lipinski definition) is 3. The number of carbonyl (C=O) groups is 1. The number of aromatic hydroxyl groups is 1. The summed E-state index contributed by atoms with van der Waals surface area (Å²) in [5.41, 5.74) is 0.330. The molecule has 20 heavy (non-hydrogen) atoms. The van der Waals surface area contributed by atoms with Crippen molar-refractivity contribution in [3.63, 3.8) is 0 Å². The number of carbonyl (C=O) groups excluding carboxylic acids is 1. The second-order valence-corrected chi connectivity index (χ2v) is 6.19. The first-order valence-corrected chi connectivity index (χ1v) is 7.19. The lowest BCUT2D eigenvalue weighted by Crippen LogP contribution is -2.45. The summed E-state index contributed by atoms with van der Waals surface area (Å²) in [7, 11) is 1.84. The summed E-state index contributed by atoms with van der Waals surface area (Å²) in [4.78, 5) is 12.4. The van der Waals surface area contributed by atoms with Crippen LogP contribution in [0.2, 0.25) is 0 Å². The van der Waals surface area contributed by atoms with Crippen LogP contribution < -0.4 is 10.6 Å². The first kappa shape index (κ1) is 14.9. The van der Waals surface area contributed by atoms with Crippen LogP contribution in [0.25, 0.3) is 0 Å². The molecule has 1 aliphatic carbocycles. The Labute approximate surface area is 120 Å². The van der Waals surface area contributed by atoms with E-state index in [0.717, 1.165) is 12.1 Å². The summed E-state index contributed by atoms with van der Waals surface area (Å²) in [6, 6.07) is 6.92. The van der Waals surface area contributed by atoms with Gasteiger partial charge in [0.25, 0.3) is 0 Å². The molecule has 3 N–H and O–H groups in total. The van der Waals surface area contributed by atoms with Gasteiger partial charge in [-0.05, 0) is 57.4 Å². The van der Waals surface area contributed by atoms with Crippen LogP contribution in [0.4, 0.5) is 0 Å². The van der Waals surface area contributed by atoms with Crippen LogP contribution in [-0.2, 0) is 4.79 Å². The SMILES string of the molecule is CNC(c1cccc(O)c1)C(C)(C)C(=O)NCC1CC1. The molecular weight excluding hydrogens is 252 g/mol. The Morgan fingerprint density at radius 1 is 1.45 bits per heavy atom. The molecule has 4 heteroatoms. The van der Waals surface area contributed by atoms with Gasteiger partial charge in [0.05, 0.1) is 5.41 Å². The molecule has 0 aliphatic heterocycles. The van der Waals surface area contributed by atoms with Crippen LogP contribution >= 0.6 is 0 Å². The molecule has 110 valence electrons. The Balaban J connectivity index is 2.12. The second kappa shape index (κ2) is 5.83. The summed E-state index contributed by atoms with van der Waals surface area (Å²) >= 11 is 0. The van der Waals surface area contributed by atoms with E-state index in [1.54, 1.807) is 18.2 Å².